The first-order chi connectivity index (χ1) is 24.1. The number of benzene rings is 6. The molecule has 246 valence electrons. The molecule has 0 saturated heterocycles. The lowest BCUT2D eigenvalue weighted by Gasteiger charge is -2.17. The van der Waals surface area contributed by atoms with E-state index in [9.17, 15) is 26.3 Å². The number of hydrogen-bond donors (Lipinski definition) is 0. The summed E-state index contributed by atoms with van der Waals surface area (Å²) < 4.78 is 84.3. The number of para-hydroxylation sites is 4. The number of rotatable bonds is 5. The fourth-order valence-electron chi connectivity index (χ4n) is 7.07. The fraction of sp³-hybridized carbons (Fsp3) is 0.0952. The van der Waals surface area contributed by atoms with Crippen molar-refractivity contribution in [3.05, 3.63) is 168 Å². The van der Waals surface area contributed by atoms with Gasteiger partial charge < -0.3 is 0 Å². The Balaban J connectivity index is 1.37. The molecular weight excluding hydrogens is 646 g/mol. The lowest BCUT2D eigenvalue weighted by atomic mass is 9.90. The lowest BCUT2D eigenvalue weighted by molar-refractivity contribution is -0.636. The molecule has 0 N–H and O–H groups in total. The molecule has 0 radical (unpaired) electrons. The predicted octanol–water partition coefficient (Wildman–Crippen LogP) is 10.7. The second kappa shape index (κ2) is 12.0. The molecule has 2 nitrogen and oxygen atoms in total. The first kappa shape index (κ1) is 31.5. The van der Waals surface area contributed by atoms with Crippen LogP contribution in [-0.2, 0) is 25.4 Å². The van der Waals surface area contributed by atoms with Gasteiger partial charge in [0.25, 0.3) is 0 Å². The van der Waals surface area contributed by atoms with Crippen LogP contribution in [0.3, 0.4) is 0 Å². The van der Waals surface area contributed by atoms with Gasteiger partial charge >= 0.3 is 12.4 Å². The molecule has 0 aliphatic carbocycles. The number of aromatic nitrogens is 2. The molecule has 0 saturated carbocycles. The third-order valence-electron chi connectivity index (χ3n) is 9.35. The van der Waals surface area contributed by atoms with Crippen LogP contribution in [0, 0.1) is 0 Å². The average Bonchev–Trinajstić information content (AvgIpc) is 3.12. The first-order valence-corrected chi connectivity index (χ1v) is 16.1. The van der Waals surface area contributed by atoms with Crippen LogP contribution >= 0.6 is 0 Å². The van der Waals surface area contributed by atoms with Crippen LogP contribution in [0.4, 0.5) is 26.3 Å². The van der Waals surface area contributed by atoms with E-state index in [0.29, 0.717) is 13.1 Å². The highest BCUT2D eigenvalue weighted by molar-refractivity contribution is 6.18. The Hall–Kier alpha value is -5.76. The molecule has 2 aromatic heterocycles. The summed E-state index contributed by atoms with van der Waals surface area (Å²) in [5.41, 5.74) is 5.86. The normalized spacial score (nSPS) is 12.4. The van der Waals surface area contributed by atoms with Crippen molar-refractivity contribution in [2.75, 3.05) is 0 Å². The highest BCUT2D eigenvalue weighted by Gasteiger charge is 2.32. The van der Waals surface area contributed by atoms with Gasteiger partial charge in [0.05, 0.1) is 32.7 Å². The van der Waals surface area contributed by atoms with Crippen molar-refractivity contribution in [2.45, 2.75) is 25.4 Å². The van der Waals surface area contributed by atoms with Crippen molar-refractivity contribution in [1.82, 2.24) is 0 Å². The van der Waals surface area contributed by atoms with E-state index in [1.165, 1.54) is 24.3 Å². The molecule has 0 atom stereocenters. The van der Waals surface area contributed by atoms with Crippen molar-refractivity contribution in [3.63, 3.8) is 0 Å². The quantitative estimate of drug-likeness (QED) is 0.0975. The monoisotopic (exact) mass is 674 g/mol. The summed E-state index contributed by atoms with van der Waals surface area (Å²) in [6.45, 7) is 0.728. The largest absolute Gasteiger partial charge is 0.416 e. The Bertz CT molecular complexity index is 2260. The SMILES string of the molecule is FC(F)(F)c1ccc(C[n+]2c3ccccc3c(-c3c4ccccc4[n+](Cc4ccc(C(F)(F)F)cc4)c4ccccc34)c3ccccc32)cc1. The average molecular weight is 675 g/mol. The third kappa shape index (κ3) is 5.50. The molecule has 0 bridgehead atoms. The summed E-state index contributed by atoms with van der Waals surface area (Å²) >= 11 is 0. The van der Waals surface area contributed by atoms with Crippen molar-refractivity contribution in [2.24, 2.45) is 0 Å². The highest BCUT2D eigenvalue weighted by atomic mass is 19.4. The van der Waals surface area contributed by atoms with Gasteiger partial charge in [0.1, 0.15) is 0 Å². The van der Waals surface area contributed by atoms with Gasteiger partial charge in [-0.3, -0.25) is 0 Å². The topological polar surface area (TPSA) is 7.76 Å². The zero-order valence-corrected chi connectivity index (χ0v) is 26.4. The van der Waals surface area contributed by atoms with E-state index in [0.717, 1.165) is 90.1 Å². The minimum atomic E-state index is -4.41. The summed E-state index contributed by atoms with van der Waals surface area (Å²) in [4.78, 5) is 0. The van der Waals surface area contributed by atoms with Crippen LogP contribution in [0.15, 0.2) is 146 Å². The first-order valence-electron chi connectivity index (χ1n) is 16.1. The zero-order valence-electron chi connectivity index (χ0n) is 26.4. The minimum Gasteiger partial charge on any atom is -0.187 e. The molecule has 0 aliphatic rings. The Kier molecular flexibility index (Phi) is 7.55. The van der Waals surface area contributed by atoms with Crippen LogP contribution in [0.25, 0.3) is 54.7 Å². The number of fused-ring (bicyclic) bond motifs is 4. The summed E-state index contributed by atoms with van der Waals surface area (Å²) in [6.07, 6.45) is -8.83. The van der Waals surface area contributed by atoms with Crippen LogP contribution in [-0.4, -0.2) is 0 Å². The van der Waals surface area contributed by atoms with Gasteiger partial charge in [-0.2, -0.15) is 35.5 Å². The molecule has 50 heavy (non-hydrogen) atoms. The van der Waals surface area contributed by atoms with E-state index in [1.807, 2.05) is 72.8 Å². The fourth-order valence-corrected chi connectivity index (χ4v) is 7.07. The van der Waals surface area contributed by atoms with E-state index in [-0.39, 0.29) is 0 Å². The molecule has 8 aromatic rings. The number of alkyl halides is 6. The van der Waals surface area contributed by atoms with E-state index in [2.05, 4.69) is 33.4 Å². The lowest BCUT2D eigenvalue weighted by Crippen LogP contribution is -2.37. The molecule has 6 aromatic carbocycles. The van der Waals surface area contributed by atoms with Gasteiger partial charge in [-0.1, -0.05) is 72.8 Å². The van der Waals surface area contributed by atoms with Gasteiger partial charge in [0, 0.05) is 46.5 Å². The maximum absolute atomic E-state index is 13.3. The molecule has 2 heterocycles. The van der Waals surface area contributed by atoms with Crippen molar-refractivity contribution in [1.29, 1.82) is 0 Å². The van der Waals surface area contributed by atoms with Crippen molar-refractivity contribution in [3.8, 4) is 11.1 Å². The number of pyridine rings is 2. The molecule has 0 aliphatic heterocycles. The van der Waals surface area contributed by atoms with Gasteiger partial charge in [-0.15, -0.1) is 0 Å². The number of hydrogen-bond acceptors (Lipinski definition) is 0. The van der Waals surface area contributed by atoms with Gasteiger partial charge in [-0.25, -0.2) is 0 Å². The molecule has 0 amide bonds. The van der Waals surface area contributed by atoms with Crippen LogP contribution in [0.2, 0.25) is 0 Å². The molecular formula is C42H28F6N2+2. The smallest absolute Gasteiger partial charge is 0.187 e. The van der Waals surface area contributed by atoms with Gasteiger partial charge in [0.15, 0.2) is 13.1 Å². The summed E-state index contributed by atoms with van der Waals surface area (Å²) in [7, 11) is 0. The summed E-state index contributed by atoms with van der Waals surface area (Å²) in [5.74, 6) is 0. The second-order valence-electron chi connectivity index (χ2n) is 12.4. The molecule has 0 fully saturated rings. The Morgan fingerprint density at radius 3 is 0.860 bits per heavy atom. The molecule has 0 unspecified atom stereocenters. The van der Waals surface area contributed by atoms with Crippen LogP contribution in [0.1, 0.15) is 22.3 Å². The van der Waals surface area contributed by atoms with E-state index < -0.39 is 23.5 Å². The minimum absolute atomic E-state index is 0.364. The van der Waals surface area contributed by atoms with Gasteiger partial charge in [-0.05, 0) is 48.5 Å². The van der Waals surface area contributed by atoms with Gasteiger partial charge in [0.2, 0.25) is 22.1 Å². The molecule has 8 rings (SSSR count). The third-order valence-corrected chi connectivity index (χ3v) is 9.35. The second-order valence-corrected chi connectivity index (χ2v) is 12.4. The van der Waals surface area contributed by atoms with Crippen molar-refractivity contribution >= 4 is 43.6 Å². The van der Waals surface area contributed by atoms with E-state index in [1.54, 1.807) is 0 Å². The summed E-state index contributed by atoms with van der Waals surface area (Å²) in [6, 6.07) is 42.8. The zero-order chi connectivity index (χ0) is 34.6. The maximum atomic E-state index is 13.3. The number of nitrogens with zero attached hydrogens (tertiary/aromatic N) is 2. The standard InChI is InChI=1S/C42H28F6N2/c43-41(44,45)29-21-17-27(18-22-29)25-49-35-13-5-1-9-31(35)39(32-10-2-6-14-36(32)49)40-33-11-3-7-15-37(33)50(38-16-8-4-12-34(38)40)26-28-19-23-30(24-20-28)42(46,47)48/h1-24H,25-26H2/q+2. The predicted molar refractivity (Wildman–Crippen MR) is 183 cm³/mol. The molecule has 8 heteroatoms. The Morgan fingerprint density at radius 1 is 0.340 bits per heavy atom. The Morgan fingerprint density at radius 2 is 0.600 bits per heavy atom. The van der Waals surface area contributed by atoms with E-state index >= 15 is 0 Å². The van der Waals surface area contributed by atoms with Crippen molar-refractivity contribution < 1.29 is 35.5 Å². The molecule has 0 spiro atoms. The van der Waals surface area contributed by atoms with Crippen LogP contribution in [0.5, 0.6) is 0 Å². The van der Waals surface area contributed by atoms with E-state index in [4.69, 9.17) is 0 Å². The Labute approximate surface area is 283 Å². The maximum Gasteiger partial charge on any atom is 0.416 e. The van der Waals surface area contributed by atoms with Crippen LogP contribution < -0.4 is 9.13 Å². The highest BCUT2D eigenvalue weighted by Crippen LogP contribution is 2.41. The summed E-state index contributed by atoms with van der Waals surface area (Å²) in [5, 5.41) is 3.92. The number of halogens is 6.